The minimum atomic E-state index is 0.263. The molecule has 0 atom stereocenters. The fourth-order valence-corrected chi connectivity index (χ4v) is 4.38. The van der Waals surface area contributed by atoms with Crippen molar-refractivity contribution in [2.45, 2.75) is 38.8 Å². The van der Waals surface area contributed by atoms with Crippen molar-refractivity contribution in [2.75, 3.05) is 27.2 Å². The molecule has 0 N–H and O–H groups in total. The molecule has 1 amide bonds. The van der Waals surface area contributed by atoms with E-state index in [1.165, 1.54) is 22.2 Å². The maximum atomic E-state index is 12.0. The molecule has 5 nitrogen and oxygen atoms in total. The zero-order chi connectivity index (χ0) is 20.4. The predicted molar refractivity (Wildman–Crippen MR) is 118 cm³/mol. The summed E-state index contributed by atoms with van der Waals surface area (Å²) in [7, 11) is 4.20. The van der Waals surface area contributed by atoms with Crippen molar-refractivity contribution >= 4 is 16.9 Å². The molecule has 4 rings (SSSR count). The summed E-state index contributed by atoms with van der Waals surface area (Å²) < 4.78 is 2.32. The van der Waals surface area contributed by atoms with Crippen LogP contribution in [0.2, 0.25) is 0 Å². The second kappa shape index (κ2) is 8.37. The zero-order valence-corrected chi connectivity index (χ0v) is 17.6. The maximum absolute atomic E-state index is 12.0. The van der Waals surface area contributed by atoms with Crippen molar-refractivity contribution in [3.05, 3.63) is 54.4 Å². The smallest absolute Gasteiger partial charge is 0.222 e. The third-order valence-electron chi connectivity index (χ3n) is 5.90. The number of likely N-dealkylation sites (tertiary alicyclic amines) is 1. The molecule has 0 aliphatic carbocycles. The topological polar surface area (TPSA) is 41.4 Å². The van der Waals surface area contributed by atoms with Gasteiger partial charge in [0.05, 0.1) is 17.4 Å². The van der Waals surface area contributed by atoms with Gasteiger partial charge in [-0.2, -0.15) is 0 Å². The van der Waals surface area contributed by atoms with E-state index in [2.05, 4.69) is 71.0 Å². The van der Waals surface area contributed by atoms with Crippen LogP contribution in [0.25, 0.3) is 22.2 Å². The van der Waals surface area contributed by atoms with E-state index in [9.17, 15) is 4.79 Å². The Labute approximate surface area is 172 Å². The summed E-state index contributed by atoms with van der Waals surface area (Å²) in [6.07, 6.45) is 4.54. The van der Waals surface area contributed by atoms with Gasteiger partial charge >= 0.3 is 0 Å². The molecule has 1 aliphatic rings. The Kier molecular flexibility index (Phi) is 5.67. The minimum absolute atomic E-state index is 0.263. The number of nitrogens with zero attached hydrogens (tertiary/aromatic N) is 4. The van der Waals surface area contributed by atoms with Crippen LogP contribution in [-0.4, -0.2) is 52.4 Å². The number of fused-ring (bicyclic) bond motifs is 1. The number of hydrogen-bond donors (Lipinski definition) is 0. The van der Waals surface area contributed by atoms with E-state index in [4.69, 9.17) is 0 Å². The van der Waals surface area contributed by atoms with Crippen LogP contribution in [0.3, 0.4) is 0 Å². The number of benzene rings is 2. The predicted octanol–water partition coefficient (Wildman–Crippen LogP) is 4.34. The number of imidazole rings is 1. The standard InChI is InChI=1S/C24H30N4O/c1-4-24(29)27-13-11-20(12-14-27)28-17-25-22-10-9-18(15-23(22)28)21-8-6-5-7-19(21)16-26(2)3/h5-10,15,17,20H,4,11-14,16H2,1-3H3. The van der Waals surface area contributed by atoms with E-state index in [-0.39, 0.29) is 5.91 Å². The Morgan fingerprint density at radius 3 is 2.62 bits per heavy atom. The van der Waals surface area contributed by atoms with Gasteiger partial charge in [0.2, 0.25) is 5.91 Å². The van der Waals surface area contributed by atoms with Gasteiger partial charge in [-0.05, 0) is 55.8 Å². The molecule has 5 heteroatoms. The maximum Gasteiger partial charge on any atom is 0.222 e. The van der Waals surface area contributed by atoms with Gasteiger partial charge in [0, 0.05) is 32.1 Å². The van der Waals surface area contributed by atoms with Gasteiger partial charge in [-0.1, -0.05) is 37.3 Å². The zero-order valence-electron chi connectivity index (χ0n) is 17.6. The highest BCUT2D eigenvalue weighted by molar-refractivity contribution is 5.83. The molecule has 0 unspecified atom stereocenters. The first kappa shape index (κ1) is 19.6. The Morgan fingerprint density at radius 2 is 1.90 bits per heavy atom. The lowest BCUT2D eigenvalue weighted by Crippen LogP contribution is -2.38. The van der Waals surface area contributed by atoms with Crippen LogP contribution < -0.4 is 0 Å². The van der Waals surface area contributed by atoms with Crippen molar-refractivity contribution in [3.63, 3.8) is 0 Å². The van der Waals surface area contributed by atoms with Crippen LogP contribution in [0.5, 0.6) is 0 Å². The van der Waals surface area contributed by atoms with Crippen LogP contribution in [0.15, 0.2) is 48.8 Å². The lowest BCUT2D eigenvalue weighted by Gasteiger charge is -2.32. The number of rotatable bonds is 5. The van der Waals surface area contributed by atoms with Crippen molar-refractivity contribution < 1.29 is 4.79 Å². The summed E-state index contributed by atoms with van der Waals surface area (Å²) in [6, 6.07) is 15.6. The summed E-state index contributed by atoms with van der Waals surface area (Å²) in [4.78, 5) is 20.8. The van der Waals surface area contributed by atoms with Gasteiger partial charge in [0.25, 0.3) is 0 Å². The molecule has 0 spiro atoms. The summed E-state index contributed by atoms with van der Waals surface area (Å²) >= 11 is 0. The monoisotopic (exact) mass is 390 g/mol. The number of aromatic nitrogens is 2. The number of amides is 1. The lowest BCUT2D eigenvalue weighted by molar-refractivity contribution is -0.132. The third-order valence-corrected chi connectivity index (χ3v) is 5.90. The van der Waals surface area contributed by atoms with E-state index in [0.29, 0.717) is 12.5 Å². The summed E-state index contributed by atoms with van der Waals surface area (Å²) in [6.45, 7) is 4.52. The van der Waals surface area contributed by atoms with E-state index in [1.54, 1.807) is 0 Å². The fraction of sp³-hybridized carbons (Fsp3) is 0.417. The molecule has 2 heterocycles. The first-order valence-electron chi connectivity index (χ1n) is 10.5. The van der Waals surface area contributed by atoms with Gasteiger partial charge in [-0.3, -0.25) is 4.79 Å². The molecule has 0 bridgehead atoms. The highest BCUT2D eigenvalue weighted by Gasteiger charge is 2.24. The summed E-state index contributed by atoms with van der Waals surface area (Å²) in [5.41, 5.74) is 6.05. The Hall–Kier alpha value is -2.66. The van der Waals surface area contributed by atoms with Gasteiger partial charge in [0.1, 0.15) is 0 Å². The van der Waals surface area contributed by atoms with Crippen molar-refractivity contribution in [1.29, 1.82) is 0 Å². The van der Waals surface area contributed by atoms with Crippen LogP contribution in [0.1, 0.15) is 37.8 Å². The van der Waals surface area contributed by atoms with Crippen LogP contribution in [-0.2, 0) is 11.3 Å². The summed E-state index contributed by atoms with van der Waals surface area (Å²) in [5, 5.41) is 0. The quantitative estimate of drug-likeness (QED) is 0.651. The van der Waals surface area contributed by atoms with Gasteiger partial charge in [-0.25, -0.2) is 4.98 Å². The molecule has 3 aromatic rings. The first-order valence-corrected chi connectivity index (χ1v) is 10.5. The molecule has 1 fully saturated rings. The second-order valence-electron chi connectivity index (χ2n) is 8.22. The van der Waals surface area contributed by atoms with Gasteiger partial charge < -0.3 is 14.4 Å². The molecule has 0 saturated carbocycles. The molecule has 1 saturated heterocycles. The van der Waals surface area contributed by atoms with Gasteiger partial charge in [-0.15, -0.1) is 0 Å². The van der Waals surface area contributed by atoms with Crippen LogP contribution in [0.4, 0.5) is 0 Å². The highest BCUT2D eigenvalue weighted by Crippen LogP contribution is 2.31. The second-order valence-corrected chi connectivity index (χ2v) is 8.22. The minimum Gasteiger partial charge on any atom is -0.343 e. The number of piperidine rings is 1. The average molecular weight is 391 g/mol. The highest BCUT2D eigenvalue weighted by atomic mass is 16.2. The van der Waals surface area contributed by atoms with Crippen molar-refractivity contribution in [2.24, 2.45) is 0 Å². The van der Waals surface area contributed by atoms with Crippen LogP contribution in [0, 0.1) is 0 Å². The van der Waals surface area contributed by atoms with E-state index in [1.807, 2.05) is 18.2 Å². The number of hydrogen-bond acceptors (Lipinski definition) is 3. The third kappa shape index (κ3) is 4.06. The number of carbonyl (C=O) groups excluding carboxylic acids is 1. The lowest BCUT2D eigenvalue weighted by atomic mass is 9.98. The fourth-order valence-electron chi connectivity index (χ4n) is 4.38. The molecule has 1 aliphatic heterocycles. The molecule has 152 valence electrons. The molecular formula is C24H30N4O. The largest absolute Gasteiger partial charge is 0.343 e. The molecular weight excluding hydrogens is 360 g/mol. The average Bonchev–Trinajstić information content (AvgIpc) is 3.16. The first-order chi connectivity index (χ1) is 14.1. The molecule has 2 aromatic carbocycles. The van der Waals surface area contributed by atoms with E-state index < -0.39 is 0 Å². The number of carbonyl (C=O) groups is 1. The van der Waals surface area contributed by atoms with Crippen molar-refractivity contribution in [3.8, 4) is 11.1 Å². The van der Waals surface area contributed by atoms with Crippen LogP contribution >= 0.6 is 0 Å². The molecule has 0 radical (unpaired) electrons. The normalized spacial score (nSPS) is 15.4. The molecule has 29 heavy (non-hydrogen) atoms. The summed E-state index contributed by atoms with van der Waals surface area (Å²) in [5.74, 6) is 0.263. The SMILES string of the molecule is CCC(=O)N1CCC(n2cnc3ccc(-c4ccccc4CN(C)C)cc32)CC1. The van der Waals surface area contributed by atoms with Gasteiger partial charge in [0.15, 0.2) is 0 Å². The van der Waals surface area contributed by atoms with E-state index >= 15 is 0 Å². The molecule has 1 aromatic heterocycles. The van der Waals surface area contributed by atoms with E-state index in [0.717, 1.165) is 38.0 Å². The van der Waals surface area contributed by atoms with Crippen molar-refractivity contribution in [1.82, 2.24) is 19.4 Å². The Bertz CT molecular complexity index is 999. The Morgan fingerprint density at radius 1 is 1.14 bits per heavy atom. The Balaban J connectivity index is 1.64.